The van der Waals surface area contributed by atoms with Gasteiger partial charge in [-0.25, -0.2) is 0 Å². The Hall–Kier alpha value is -0.870. The lowest BCUT2D eigenvalue weighted by molar-refractivity contribution is 0.297. The molecule has 4 heteroatoms. The van der Waals surface area contributed by atoms with Crippen LogP contribution in [0, 0.1) is 0 Å². The van der Waals surface area contributed by atoms with Crippen LogP contribution in [0.1, 0.15) is 18.4 Å². The van der Waals surface area contributed by atoms with Crippen molar-refractivity contribution < 1.29 is 9.47 Å². The van der Waals surface area contributed by atoms with Gasteiger partial charge in [0, 0.05) is 13.0 Å². The van der Waals surface area contributed by atoms with Crippen molar-refractivity contribution in [1.29, 1.82) is 0 Å². The van der Waals surface area contributed by atoms with Gasteiger partial charge in [-0.05, 0) is 36.4 Å². The van der Waals surface area contributed by atoms with Crippen LogP contribution in [0.2, 0.25) is 0 Å². The van der Waals surface area contributed by atoms with E-state index in [0.717, 1.165) is 56.4 Å². The third-order valence-electron chi connectivity index (χ3n) is 2.65. The second-order valence-electron chi connectivity index (χ2n) is 4.09. The van der Waals surface area contributed by atoms with Gasteiger partial charge in [-0.2, -0.15) is 12.6 Å². The van der Waals surface area contributed by atoms with E-state index in [1.54, 1.807) is 0 Å². The minimum Gasteiger partial charge on any atom is -0.490 e. The summed E-state index contributed by atoms with van der Waals surface area (Å²) in [6.45, 7) is 3.35. The standard InChI is InChI=1S/C13H19NO2S/c17-8-1-5-14-10-11-3-4-12-13(9-11)16-7-2-6-15-12/h3-4,9,14,17H,1-2,5-8,10H2. The van der Waals surface area contributed by atoms with Crippen molar-refractivity contribution in [3.8, 4) is 11.5 Å². The van der Waals surface area contributed by atoms with Gasteiger partial charge in [-0.15, -0.1) is 0 Å². The predicted octanol–water partition coefficient (Wildman–Crippen LogP) is 2.26. The number of fused-ring (bicyclic) bond motifs is 1. The number of thiol groups is 1. The summed E-state index contributed by atoms with van der Waals surface area (Å²) in [5, 5.41) is 3.38. The first-order valence-electron chi connectivity index (χ1n) is 6.10. The largest absolute Gasteiger partial charge is 0.490 e. The first-order chi connectivity index (χ1) is 8.40. The van der Waals surface area contributed by atoms with Crippen molar-refractivity contribution in [2.24, 2.45) is 0 Å². The van der Waals surface area contributed by atoms with Crippen LogP contribution in [-0.4, -0.2) is 25.5 Å². The van der Waals surface area contributed by atoms with Gasteiger partial charge in [0.1, 0.15) is 0 Å². The Morgan fingerprint density at radius 3 is 2.82 bits per heavy atom. The van der Waals surface area contributed by atoms with Crippen molar-refractivity contribution in [2.75, 3.05) is 25.5 Å². The van der Waals surface area contributed by atoms with Crippen molar-refractivity contribution in [1.82, 2.24) is 5.32 Å². The fraction of sp³-hybridized carbons (Fsp3) is 0.538. The number of hydrogen-bond donors (Lipinski definition) is 2. The average Bonchev–Trinajstić information content (AvgIpc) is 2.59. The van der Waals surface area contributed by atoms with Crippen LogP contribution in [-0.2, 0) is 6.54 Å². The normalized spacial score (nSPS) is 14.4. The average molecular weight is 253 g/mol. The Kier molecular flexibility index (Phi) is 5.01. The van der Waals surface area contributed by atoms with E-state index in [1.165, 1.54) is 5.56 Å². The van der Waals surface area contributed by atoms with E-state index >= 15 is 0 Å². The zero-order valence-electron chi connectivity index (χ0n) is 9.95. The number of nitrogens with one attached hydrogen (secondary N) is 1. The second-order valence-corrected chi connectivity index (χ2v) is 4.53. The Balaban J connectivity index is 1.93. The smallest absolute Gasteiger partial charge is 0.161 e. The van der Waals surface area contributed by atoms with Crippen LogP contribution >= 0.6 is 12.6 Å². The molecule has 1 heterocycles. The summed E-state index contributed by atoms with van der Waals surface area (Å²) in [4.78, 5) is 0. The Morgan fingerprint density at radius 2 is 2.00 bits per heavy atom. The zero-order chi connectivity index (χ0) is 11.9. The van der Waals surface area contributed by atoms with Crippen molar-refractivity contribution >= 4 is 12.6 Å². The van der Waals surface area contributed by atoms with Gasteiger partial charge >= 0.3 is 0 Å². The molecule has 0 aromatic heterocycles. The van der Waals surface area contributed by atoms with E-state index in [0.29, 0.717) is 0 Å². The lowest BCUT2D eigenvalue weighted by Gasteiger charge is -2.09. The second kappa shape index (κ2) is 6.77. The minimum absolute atomic E-state index is 0.740. The summed E-state index contributed by atoms with van der Waals surface area (Å²) in [6.07, 6.45) is 2.04. The van der Waals surface area contributed by atoms with Crippen LogP contribution in [0.15, 0.2) is 18.2 Å². The van der Waals surface area contributed by atoms with Gasteiger partial charge in [-0.1, -0.05) is 6.07 Å². The van der Waals surface area contributed by atoms with E-state index in [-0.39, 0.29) is 0 Å². The molecule has 0 radical (unpaired) electrons. The fourth-order valence-electron chi connectivity index (χ4n) is 1.75. The number of ether oxygens (including phenoxy) is 2. The Bertz CT molecular complexity index is 357. The first-order valence-corrected chi connectivity index (χ1v) is 6.73. The monoisotopic (exact) mass is 253 g/mol. The third kappa shape index (κ3) is 3.82. The number of benzene rings is 1. The van der Waals surface area contributed by atoms with Crippen LogP contribution in [0.3, 0.4) is 0 Å². The van der Waals surface area contributed by atoms with E-state index in [2.05, 4.69) is 30.1 Å². The molecule has 0 aliphatic carbocycles. The molecule has 0 bridgehead atoms. The van der Waals surface area contributed by atoms with Gasteiger partial charge in [0.05, 0.1) is 13.2 Å². The highest BCUT2D eigenvalue weighted by Crippen LogP contribution is 2.30. The Morgan fingerprint density at radius 1 is 1.18 bits per heavy atom. The van der Waals surface area contributed by atoms with E-state index in [4.69, 9.17) is 9.47 Å². The first kappa shape index (κ1) is 12.6. The van der Waals surface area contributed by atoms with Gasteiger partial charge in [-0.3, -0.25) is 0 Å². The molecular formula is C13H19NO2S. The molecule has 1 aliphatic rings. The quantitative estimate of drug-likeness (QED) is 0.623. The van der Waals surface area contributed by atoms with Crippen molar-refractivity contribution in [3.63, 3.8) is 0 Å². The van der Waals surface area contributed by atoms with Crippen LogP contribution in [0.4, 0.5) is 0 Å². The predicted molar refractivity (Wildman–Crippen MR) is 72.2 cm³/mol. The van der Waals surface area contributed by atoms with Gasteiger partial charge in [0.2, 0.25) is 0 Å². The van der Waals surface area contributed by atoms with Crippen LogP contribution in [0.5, 0.6) is 11.5 Å². The zero-order valence-corrected chi connectivity index (χ0v) is 10.8. The van der Waals surface area contributed by atoms with Gasteiger partial charge in [0.25, 0.3) is 0 Å². The fourth-order valence-corrected chi connectivity index (χ4v) is 1.91. The van der Waals surface area contributed by atoms with E-state index in [1.807, 2.05) is 6.07 Å². The van der Waals surface area contributed by atoms with Gasteiger partial charge in [0.15, 0.2) is 11.5 Å². The summed E-state index contributed by atoms with van der Waals surface area (Å²) in [5.74, 6) is 2.66. The third-order valence-corrected chi connectivity index (χ3v) is 2.97. The summed E-state index contributed by atoms with van der Waals surface area (Å²) >= 11 is 4.18. The van der Waals surface area contributed by atoms with Crippen molar-refractivity contribution in [2.45, 2.75) is 19.4 Å². The maximum Gasteiger partial charge on any atom is 0.161 e. The summed E-state index contributed by atoms with van der Waals surface area (Å²) in [6, 6.07) is 6.14. The number of hydrogen-bond acceptors (Lipinski definition) is 4. The molecule has 2 rings (SSSR count). The molecule has 94 valence electrons. The molecule has 17 heavy (non-hydrogen) atoms. The van der Waals surface area contributed by atoms with Crippen LogP contribution < -0.4 is 14.8 Å². The highest BCUT2D eigenvalue weighted by atomic mass is 32.1. The maximum absolute atomic E-state index is 5.65. The van der Waals surface area contributed by atoms with E-state index in [9.17, 15) is 0 Å². The highest BCUT2D eigenvalue weighted by Gasteiger charge is 2.10. The molecule has 1 aromatic rings. The number of rotatable bonds is 5. The summed E-state index contributed by atoms with van der Waals surface area (Å²) < 4.78 is 11.2. The summed E-state index contributed by atoms with van der Waals surface area (Å²) in [7, 11) is 0. The molecule has 0 saturated heterocycles. The molecule has 0 unspecified atom stereocenters. The SMILES string of the molecule is SCCCNCc1ccc2c(c1)OCCCO2. The molecule has 0 amide bonds. The lowest BCUT2D eigenvalue weighted by atomic mass is 10.2. The summed E-state index contributed by atoms with van der Waals surface area (Å²) in [5.41, 5.74) is 1.23. The maximum atomic E-state index is 5.65. The molecule has 1 aliphatic heterocycles. The highest BCUT2D eigenvalue weighted by molar-refractivity contribution is 7.80. The van der Waals surface area contributed by atoms with E-state index < -0.39 is 0 Å². The van der Waals surface area contributed by atoms with Crippen molar-refractivity contribution in [3.05, 3.63) is 23.8 Å². The topological polar surface area (TPSA) is 30.5 Å². The Labute approximate surface area is 108 Å². The molecule has 0 atom stereocenters. The van der Waals surface area contributed by atoms with Gasteiger partial charge < -0.3 is 14.8 Å². The molecular weight excluding hydrogens is 234 g/mol. The molecule has 0 spiro atoms. The van der Waals surface area contributed by atoms with Crippen LogP contribution in [0.25, 0.3) is 0 Å². The lowest BCUT2D eigenvalue weighted by Crippen LogP contribution is -2.15. The molecule has 3 nitrogen and oxygen atoms in total. The molecule has 0 fully saturated rings. The minimum atomic E-state index is 0.740. The molecule has 1 N–H and O–H groups in total. The molecule has 1 aromatic carbocycles. The molecule has 0 saturated carbocycles.